The predicted molar refractivity (Wildman–Crippen MR) is 121 cm³/mol. The molecular weight excluding hydrogens is 444 g/mol. The summed E-state index contributed by atoms with van der Waals surface area (Å²) in [6.45, 7) is 0.421. The van der Waals surface area contributed by atoms with Crippen molar-refractivity contribution in [2.75, 3.05) is 38.5 Å². The molecule has 0 spiro atoms. The van der Waals surface area contributed by atoms with E-state index in [4.69, 9.17) is 4.74 Å². The molecule has 1 aliphatic heterocycles. The zero-order chi connectivity index (χ0) is 21.7. The van der Waals surface area contributed by atoms with Crippen LogP contribution in [0.1, 0.15) is 37.7 Å². The second kappa shape index (κ2) is 10.3. The van der Waals surface area contributed by atoms with E-state index in [1.807, 2.05) is 12.3 Å². The molecule has 1 amide bonds. The summed E-state index contributed by atoms with van der Waals surface area (Å²) in [5.74, 6) is 0.996. The molecule has 2 fully saturated rings. The quantitative estimate of drug-likeness (QED) is 0.442. The Hall–Kier alpha value is -1.30. The first-order chi connectivity index (χ1) is 14.3. The van der Waals surface area contributed by atoms with Crippen LogP contribution < -0.4 is 4.74 Å². The molecule has 0 bridgehead atoms. The van der Waals surface area contributed by atoms with Crippen molar-refractivity contribution in [3.05, 3.63) is 16.8 Å². The van der Waals surface area contributed by atoms with Crippen molar-refractivity contribution in [2.24, 2.45) is 0 Å². The van der Waals surface area contributed by atoms with Crippen molar-refractivity contribution in [3.8, 4) is 5.88 Å². The van der Waals surface area contributed by atoms with Crippen LogP contribution in [-0.2, 0) is 14.8 Å². The van der Waals surface area contributed by atoms with Crippen LogP contribution in [0.4, 0.5) is 0 Å². The lowest BCUT2D eigenvalue weighted by Gasteiger charge is -2.33. The van der Waals surface area contributed by atoms with Gasteiger partial charge in [0, 0.05) is 24.5 Å². The number of carbonyl (C=O) groups is 1. The molecule has 0 N–H and O–H groups in total. The van der Waals surface area contributed by atoms with Crippen molar-refractivity contribution >= 4 is 45.5 Å². The highest BCUT2D eigenvalue weighted by Crippen LogP contribution is 2.33. The third kappa shape index (κ3) is 5.68. The first-order valence-electron chi connectivity index (χ1n) is 9.90. The van der Waals surface area contributed by atoms with E-state index < -0.39 is 10.0 Å². The summed E-state index contributed by atoms with van der Waals surface area (Å²) >= 11 is 2.98. The van der Waals surface area contributed by atoms with Gasteiger partial charge in [0.1, 0.15) is 0 Å². The topological polar surface area (TPSA) is 92.7 Å². The van der Waals surface area contributed by atoms with Crippen molar-refractivity contribution in [1.82, 2.24) is 19.2 Å². The summed E-state index contributed by atoms with van der Waals surface area (Å²) in [6.07, 6.45) is 11.4. The second-order valence-electron chi connectivity index (χ2n) is 7.30. The fraction of sp³-hybridized carbons (Fsp3) is 0.632. The van der Waals surface area contributed by atoms with E-state index in [0.717, 1.165) is 42.9 Å². The van der Waals surface area contributed by atoms with Gasteiger partial charge in [0.25, 0.3) is 0 Å². The van der Waals surface area contributed by atoms with Crippen LogP contribution in [0.5, 0.6) is 5.88 Å². The van der Waals surface area contributed by atoms with Gasteiger partial charge in [-0.15, -0.1) is 11.8 Å². The summed E-state index contributed by atoms with van der Waals surface area (Å²) < 4.78 is 31.6. The molecule has 2 aliphatic rings. The third-order valence-corrected chi connectivity index (χ3v) is 8.11. The summed E-state index contributed by atoms with van der Waals surface area (Å²) in [7, 11) is -1.92. The van der Waals surface area contributed by atoms with E-state index >= 15 is 0 Å². The summed E-state index contributed by atoms with van der Waals surface area (Å²) in [5, 5.41) is 1.37. The number of aromatic nitrogens is 2. The number of sulfonamides is 1. The zero-order valence-corrected chi connectivity index (χ0v) is 20.0. The van der Waals surface area contributed by atoms with Gasteiger partial charge in [0.05, 0.1) is 30.5 Å². The van der Waals surface area contributed by atoms with Gasteiger partial charge in [0.2, 0.25) is 21.8 Å². The maximum atomic E-state index is 13.1. The van der Waals surface area contributed by atoms with E-state index in [-0.39, 0.29) is 18.5 Å². The lowest BCUT2D eigenvalue weighted by Crippen LogP contribution is -2.47. The average molecular weight is 473 g/mol. The largest absolute Gasteiger partial charge is 0.480 e. The molecule has 1 saturated carbocycles. The molecule has 0 aromatic carbocycles. The normalized spacial score (nSPS) is 19.6. The highest BCUT2D eigenvalue weighted by atomic mass is 32.2. The predicted octanol–water partition coefficient (Wildman–Crippen LogP) is 2.68. The molecule has 1 aromatic heterocycles. The number of amides is 1. The number of carbonyl (C=O) groups excluding carboxylic acids is 1. The first-order valence-corrected chi connectivity index (χ1v) is 14.0. The Morgan fingerprint density at radius 2 is 2.13 bits per heavy atom. The van der Waals surface area contributed by atoms with E-state index in [2.05, 4.69) is 9.97 Å². The molecule has 166 valence electrons. The highest BCUT2D eigenvalue weighted by Gasteiger charge is 2.33. The van der Waals surface area contributed by atoms with E-state index in [1.165, 1.54) is 22.3 Å². The van der Waals surface area contributed by atoms with Gasteiger partial charge >= 0.3 is 0 Å². The molecule has 0 unspecified atom stereocenters. The molecule has 1 saturated heterocycles. The van der Waals surface area contributed by atoms with Crippen LogP contribution >= 0.6 is 23.5 Å². The lowest BCUT2D eigenvalue weighted by molar-refractivity contribution is -0.129. The smallest absolute Gasteiger partial charge is 0.242 e. The number of hydrogen-bond donors (Lipinski definition) is 0. The summed E-state index contributed by atoms with van der Waals surface area (Å²) in [6, 6.07) is -0.0898. The zero-order valence-electron chi connectivity index (χ0n) is 17.5. The Balaban J connectivity index is 1.80. The Bertz CT molecular complexity index is 901. The van der Waals surface area contributed by atoms with Crippen LogP contribution in [0.25, 0.3) is 6.08 Å². The fourth-order valence-electron chi connectivity index (χ4n) is 3.76. The van der Waals surface area contributed by atoms with Crippen LogP contribution in [0.2, 0.25) is 0 Å². The minimum Gasteiger partial charge on any atom is -0.480 e. The minimum absolute atomic E-state index is 0.0898. The van der Waals surface area contributed by atoms with Gasteiger partial charge in [-0.05, 0) is 25.2 Å². The van der Waals surface area contributed by atoms with Gasteiger partial charge < -0.3 is 9.64 Å². The van der Waals surface area contributed by atoms with Crippen LogP contribution in [0.15, 0.2) is 16.4 Å². The molecule has 1 aromatic rings. The molecule has 30 heavy (non-hydrogen) atoms. The standard InChI is InChI=1S/C19H28N4O4S3/c1-27-18-14(12-20-19(21-18)28-2)11-17-22(9-10-29-17)16(24)13-23(30(3,25)26)15-7-5-4-6-8-15/h11-12,15H,4-10,13H2,1-3H3/b17-11+. The van der Waals surface area contributed by atoms with Crippen molar-refractivity contribution in [3.63, 3.8) is 0 Å². The average Bonchev–Trinajstić information content (AvgIpc) is 3.20. The number of hydrogen-bond acceptors (Lipinski definition) is 8. The molecule has 1 aliphatic carbocycles. The summed E-state index contributed by atoms with van der Waals surface area (Å²) in [4.78, 5) is 23.4. The van der Waals surface area contributed by atoms with Gasteiger partial charge in [0.15, 0.2) is 5.16 Å². The number of nitrogens with zero attached hydrogens (tertiary/aromatic N) is 4. The van der Waals surface area contributed by atoms with Crippen molar-refractivity contribution in [2.45, 2.75) is 43.3 Å². The molecule has 8 nitrogen and oxygen atoms in total. The minimum atomic E-state index is -3.47. The maximum absolute atomic E-state index is 13.1. The maximum Gasteiger partial charge on any atom is 0.242 e. The second-order valence-corrected chi connectivity index (χ2v) is 11.1. The Labute approximate surface area is 186 Å². The third-order valence-electron chi connectivity index (χ3n) is 5.24. The molecule has 0 radical (unpaired) electrons. The SMILES string of the molecule is COc1nc(SC)ncc1/C=C1/SCCN1C(=O)CN(C1CCCCC1)S(C)(=O)=O. The number of ether oxygens (including phenoxy) is 1. The van der Waals surface area contributed by atoms with Crippen molar-refractivity contribution < 1.29 is 17.9 Å². The molecule has 0 atom stereocenters. The fourth-order valence-corrected chi connectivity index (χ4v) is 6.23. The molecule has 11 heteroatoms. The van der Waals surface area contributed by atoms with Gasteiger partial charge in [-0.1, -0.05) is 31.0 Å². The van der Waals surface area contributed by atoms with E-state index in [9.17, 15) is 13.2 Å². The Morgan fingerprint density at radius 3 is 2.77 bits per heavy atom. The van der Waals surface area contributed by atoms with Crippen LogP contribution in [0, 0.1) is 0 Å². The Morgan fingerprint density at radius 1 is 1.40 bits per heavy atom. The van der Waals surface area contributed by atoms with Crippen molar-refractivity contribution in [1.29, 1.82) is 0 Å². The Kier molecular flexibility index (Phi) is 8.05. The number of rotatable bonds is 7. The van der Waals surface area contributed by atoms with Gasteiger partial charge in [-0.25, -0.2) is 13.4 Å². The first kappa shape index (κ1) is 23.4. The van der Waals surface area contributed by atoms with Crippen LogP contribution in [-0.4, -0.2) is 78.0 Å². The number of methoxy groups -OCH3 is 1. The van der Waals surface area contributed by atoms with Gasteiger partial charge in [-0.3, -0.25) is 4.79 Å². The number of thioether (sulfide) groups is 2. The monoisotopic (exact) mass is 472 g/mol. The van der Waals surface area contributed by atoms with E-state index in [1.54, 1.807) is 30.0 Å². The van der Waals surface area contributed by atoms with Crippen LogP contribution in [0.3, 0.4) is 0 Å². The molecular formula is C19H28N4O4S3. The lowest BCUT2D eigenvalue weighted by atomic mass is 9.95. The summed E-state index contributed by atoms with van der Waals surface area (Å²) in [5.41, 5.74) is 0.685. The molecule has 2 heterocycles. The van der Waals surface area contributed by atoms with Gasteiger partial charge in [-0.2, -0.15) is 9.29 Å². The molecule has 3 rings (SSSR count). The van der Waals surface area contributed by atoms with E-state index in [0.29, 0.717) is 23.1 Å². The highest BCUT2D eigenvalue weighted by molar-refractivity contribution is 8.03.